The highest BCUT2D eigenvalue weighted by Gasteiger charge is 2.19. The van der Waals surface area contributed by atoms with Crippen LogP contribution in [0.5, 0.6) is 5.75 Å². The number of hydrogen-bond acceptors (Lipinski definition) is 6. The summed E-state index contributed by atoms with van der Waals surface area (Å²) in [5.41, 5.74) is 3.13. The van der Waals surface area contributed by atoms with Gasteiger partial charge in [0.15, 0.2) is 11.6 Å². The smallest absolute Gasteiger partial charge is 0.263 e. The summed E-state index contributed by atoms with van der Waals surface area (Å²) in [5, 5.41) is 3.17. The van der Waals surface area contributed by atoms with Gasteiger partial charge in [-0.3, -0.25) is 4.72 Å². The minimum Gasteiger partial charge on any atom is -0.494 e. The standard InChI is InChI=1S/C23H22N4O3S/c1-3-30-18-12-14-19(15-13-18)31(28,29)27-23-22(24-17-10-8-16(2)9-11-17)25-20-6-4-5-7-21(20)26-23/h4-15H,3H2,1-2H3,(H,24,25)(H,26,27). The van der Waals surface area contributed by atoms with Crippen LogP contribution >= 0.6 is 0 Å². The lowest BCUT2D eigenvalue weighted by atomic mass is 10.2. The average molecular weight is 435 g/mol. The number of nitrogens with zero attached hydrogens (tertiary/aromatic N) is 2. The summed E-state index contributed by atoms with van der Waals surface area (Å²) in [7, 11) is -3.88. The van der Waals surface area contributed by atoms with Crippen molar-refractivity contribution in [1.29, 1.82) is 0 Å². The molecule has 0 saturated heterocycles. The third-order valence-corrected chi connectivity index (χ3v) is 5.92. The minimum atomic E-state index is -3.88. The maximum atomic E-state index is 13.0. The number of nitrogens with one attached hydrogen (secondary N) is 2. The Balaban J connectivity index is 1.71. The van der Waals surface area contributed by atoms with Crippen LogP contribution in [0.2, 0.25) is 0 Å². The molecule has 0 aliphatic carbocycles. The van der Waals surface area contributed by atoms with Gasteiger partial charge in [-0.2, -0.15) is 0 Å². The van der Waals surface area contributed by atoms with Crippen molar-refractivity contribution in [2.75, 3.05) is 16.6 Å². The minimum absolute atomic E-state index is 0.104. The number of fused-ring (bicyclic) bond motifs is 1. The summed E-state index contributed by atoms with van der Waals surface area (Å²) >= 11 is 0. The molecule has 2 N–H and O–H groups in total. The van der Waals surface area contributed by atoms with Gasteiger partial charge in [-0.05, 0) is 62.4 Å². The summed E-state index contributed by atoms with van der Waals surface area (Å²) in [6.45, 7) is 4.37. The van der Waals surface area contributed by atoms with Crippen LogP contribution in [-0.2, 0) is 10.0 Å². The summed E-state index contributed by atoms with van der Waals surface area (Å²) < 4.78 is 34.0. The number of para-hydroxylation sites is 2. The lowest BCUT2D eigenvalue weighted by Gasteiger charge is -2.14. The van der Waals surface area contributed by atoms with Crippen LogP contribution in [0.25, 0.3) is 11.0 Å². The molecule has 0 fully saturated rings. The first-order valence-corrected chi connectivity index (χ1v) is 11.3. The largest absolute Gasteiger partial charge is 0.494 e. The molecule has 0 aliphatic rings. The first-order valence-electron chi connectivity index (χ1n) is 9.81. The molecule has 8 heteroatoms. The van der Waals surface area contributed by atoms with Gasteiger partial charge in [-0.1, -0.05) is 29.8 Å². The second-order valence-corrected chi connectivity index (χ2v) is 8.59. The number of aryl methyl sites for hydroxylation is 1. The number of sulfonamides is 1. The quantitative estimate of drug-likeness (QED) is 0.431. The highest BCUT2D eigenvalue weighted by atomic mass is 32.2. The molecule has 0 saturated carbocycles. The Morgan fingerprint density at radius 2 is 1.45 bits per heavy atom. The van der Waals surface area contributed by atoms with E-state index in [0.717, 1.165) is 11.3 Å². The molecule has 0 radical (unpaired) electrons. The normalized spacial score (nSPS) is 11.3. The highest BCUT2D eigenvalue weighted by Crippen LogP contribution is 2.27. The second-order valence-electron chi connectivity index (χ2n) is 6.91. The summed E-state index contributed by atoms with van der Waals surface area (Å²) in [4.78, 5) is 9.20. The molecule has 0 atom stereocenters. The second kappa shape index (κ2) is 8.61. The molecule has 158 valence electrons. The predicted molar refractivity (Wildman–Crippen MR) is 122 cm³/mol. The third kappa shape index (κ3) is 4.75. The van der Waals surface area contributed by atoms with Crippen LogP contribution < -0.4 is 14.8 Å². The molecule has 0 aliphatic heterocycles. The van der Waals surface area contributed by atoms with Gasteiger partial charge in [-0.15, -0.1) is 0 Å². The Bertz CT molecular complexity index is 1310. The zero-order valence-corrected chi connectivity index (χ0v) is 18.0. The topological polar surface area (TPSA) is 93.2 Å². The molecular formula is C23H22N4O3S. The number of aromatic nitrogens is 2. The van der Waals surface area contributed by atoms with Crippen molar-refractivity contribution in [3.63, 3.8) is 0 Å². The molecule has 31 heavy (non-hydrogen) atoms. The fraction of sp³-hybridized carbons (Fsp3) is 0.130. The predicted octanol–water partition coefficient (Wildman–Crippen LogP) is 4.88. The molecule has 0 unspecified atom stereocenters. The molecule has 7 nitrogen and oxygen atoms in total. The number of hydrogen-bond donors (Lipinski definition) is 2. The van der Waals surface area contributed by atoms with Crippen LogP contribution in [0.1, 0.15) is 12.5 Å². The zero-order valence-electron chi connectivity index (χ0n) is 17.2. The van der Waals surface area contributed by atoms with Crippen LogP contribution in [0.3, 0.4) is 0 Å². The van der Waals surface area contributed by atoms with E-state index in [9.17, 15) is 8.42 Å². The van der Waals surface area contributed by atoms with E-state index in [2.05, 4.69) is 20.0 Å². The van der Waals surface area contributed by atoms with E-state index in [1.165, 1.54) is 12.1 Å². The maximum Gasteiger partial charge on any atom is 0.263 e. The van der Waals surface area contributed by atoms with Gasteiger partial charge < -0.3 is 10.1 Å². The van der Waals surface area contributed by atoms with E-state index in [0.29, 0.717) is 29.2 Å². The average Bonchev–Trinajstić information content (AvgIpc) is 2.76. The highest BCUT2D eigenvalue weighted by molar-refractivity contribution is 7.92. The fourth-order valence-electron chi connectivity index (χ4n) is 3.00. The van der Waals surface area contributed by atoms with Crippen LogP contribution in [0.15, 0.2) is 77.7 Å². The molecule has 0 amide bonds. The van der Waals surface area contributed by atoms with Gasteiger partial charge in [0.1, 0.15) is 5.75 Å². The molecule has 0 spiro atoms. The van der Waals surface area contributed by atoms with Crippen molar-refractivity contribution >= 4 is 38.4 Å². The van der Waals surface area contributed by atoms with Gasteiger partial charge in [0.25, 0.3) is 10.0 Å². The SMILES string of the molecule is CCOc1ccc(S(=O)(=O)Nc2nc3ccccc3nc2Nc2ccc(C)cc2)cc1. The molecule has 1 heterocycles. The van der Waals surface area contributed by atoms with Crippen molar-refractivity contribution in [2.24, 2.45) is 0 Å². The van der Waals surface area contributed by atoms with E-state index in [1.807, 2.05) is 56.3 Å². The van der Waals surface area contributed by atoms with Gasteiger partial charge in [0, 0.05) is 5.69 Å². The Kier molecular flexibility index (Phi) is 5.73. The van der Waals surface area contributed by atoms with Crippen molar-refractivity contribution < 1.29 is 13.2 Å². The van der Waals surface area contributed by atoms with E-state index >= 15 is 0 Å². The Morgan fingerprint density at radius 3 is 2.06 bits per heavy atom. The van der Waals surface area contributed by atoms with Crippen LogP contribution in [0.4, 0.5) is 17.3 Å². The van der Waals surface area contributed by atoms with Gasteiger partial charge in [0.05, 0.1) is 22.5 Å². The van der Waals surface area contributed by atoms with Crippen molar-refractivity contribution in [2.45, 2.75) is 18.7 Å². The van der Waals surface area contributed by atoms with E-state index < -0.39 is 10.0 Å². The monoisotopic (exact) mass is 434 g/mol. The molecule has 4 rings (SSSR count). The van der Waals surface area contributed by atoms with E-state index in [-0.39, 0.29) is 10.7 Å². The Morgan fingerprint density at radius 1 is 0.839 bits per heavy atom. The molecule has 3 aromatic carbocycles. The van der Waals surface area contributed by atoms with Gasteiger partial charge in [-0.25, -0.2) is 18.4 Å². The van der Waals surface area contributed by atoms with Crippen LogP contribution in [0, 0.1) is 6.92 Å². The molecule has 1 aromatic heterocycles. The molecular weight excluding hydrogens is 412 g/mol. The van der Waals surface area contributed by atoms with Gasteiger partial charge >= 0.3 is 0 Å². The number of rotatable bonds is 7. The van der Waals surface area contributed by atoms with E-state index in [4.69, 9.17) is 4.74 Å². The van der Waals surface area contributed by atoms with E-state index in [1.54, 1.807) is 18.2 Å². The zero-order chi connectivity index (χ0) is 21.8. The number of ether oxygens (including phenoxy) is 1. The molecule has 0 bridgehead atoms. The fourth-order valence-corrected chi connectivity index (χ4v) is 4.01. The van der Waals surface area contributed by atoms with Crippen molar-refractivity contribution in [3.8, 4) is 5.75 Å². The van der Waals surface area contributed by atoms with Crippen molar-refractivity contribution in [1.82, 2.24) is 9.97 Å². The summed E-state index contributed by atoms with van der Waals surface area (Å²) in [5.74, 6) is 1.04. The lowest BCUT2D eigenvalue weighted by Crippen LogP contribution is -2.16. The lowest BCUT2D eigenvalue weighted by molar-refractivity contribution is 0.340. The maximum absolute atomic E-state index is 13.0. The Labute approximate surface area is 181 Å². The number of anilines is 3. The first kappa shape index (κ1) is 20.6. The summed E-state index contributed by atoms with van der Waals surface area (Å²) in [6, 6.07) is 21.2. The van der Waals surface area contributed by atoms with Gasteiger partial charge in [0.2, 0.25) is 0 Å². The number of benzene rings is 3. The first-order chi connectivity index (χ1) is 14.9. The van der Waals surface area contributed by atoms with Crippen LogP contribution in [-0.4, -0.2) is 25.0 Å². The summed E-state index contributed by atoms with van der Waals surface area (Å²) in [6.07, 6.45) is 0. The Hall–Kier alpha value is -3.65. The third-order valence-electron chi connectivity index (χ3n) is 4.56. The molecule has 4 aromatic rings. The van der Waals surface area contributed by atoms with Crippen molar-refractivity contribution in [3.05, 3.63) is 78.4 Å².